The van der Waals surface area contributed by atoms with Crippen molar-refractivity contribution in [3.8, 4) is 0 Å². The second kappa shape index (κ2) is 8.74. The van der Waals surface area contributed by atoms with Crippen LogP contribution in [-0.4, -0.2) is 43.8 Å². The first-order valence-corrected chi connectivity index (χ1v) is 7.45. The zero-order chi connectivity index (χ0) is 15.0. The van der Waals surface area contributed by atoms with E-state index >= 15 is 0 Å². The first kappa shape index (κ1) is 16.7. The van der Waals surface area contributed by atoms with Crippen LogP contribution < -0.4 is 10.2 Å². The summed E-state index contributed by atoms with van der Waals surface area (Å²) in [4.78, 5) is 11.5. The fourth-order valence-corrected chi connectivity index (χ4v) is 2.01. The molecule has 0 spiro atoms. The summed E-state index contributed by atoms with van der Waals surface area (Å²) in [6, 6.07) is 0. The largest absolute Gasteiger partial charge is 0.383 e. The van der Waals surface area contributed by atoms with Gasteiger partial charge in [-0.1, -0.05) is 13.8 Å². The van der Waals surface area contributed by atoms with Crippen LogP contribution in [0.25, 0.3) is 0 Å². The molecule has 0 unspecified atom stereocenters. The molecule has 0 saturated heterocycles. The second-order valence-electron chi connectivity index (χ2n) is 5.03. The van der Waals surface area contributed by atoms with Gasteiger partial charge < -0.3 is 15.0 Å². The monoisotopic (exact) mass is 280 g/mol. The van der Waals surface area contributed by atoms with Gasteiger partial charge in [0.2, 0.25) is 0 Å². The maximum Gasteiger partial charge on any atom is 0.137 e. The molecule has 0 radical (unpaired) electrons. The lowest BCUT2D eigenvalue weighted by Gasteiger charge is -2.22. The van der Waals surface area contributed by atoms with Crippen LogP contribution in [0.1, 0.15) is 38.1 Å². The molecule has 1 N–H and O–H groups in total. The lowest BCUT2D eigenvalue weighted by Crippen LogP contribution is -2.25. The Bertz CT molecular complexity index is 409. The summed E-state index contributed by atoms with van der Waals surface area (Å²) >= 11 is 0. The summed E-state index contributed by atoms with van der Waals surface area (Å²) in [6.07, 6.45) is 3.05. The maximum absolute atomic E-state index is 5.15. The van der Waals surface area contributed by atoms with Gasteiger partial charge in [-0.2, -0.15) is 0 Å². The second-order valence-corrected chi connectivity index (χ2v) is 5.03. The Morgan fingerprint density at radius 1 is 1.20 bits per heavy atom. The lowest BCUT2D eigenvalue weighted by atomic mass is 10.2. The van der Waals surface area contributed by atoms with E-state index in [1.807, 2.05) is 7.05 Å². The number of aryl methyl sites for hydroxylation is 1. The number of nitrogens with zero attached hydrogens (tertiary/aromatic N) is 3. The molecule has 5 heteroatoms. The number of hydrogen-bond donors (Lipinski definition) is 1. The molecule has 0 aliphatic heterocycles. The molecule has 1 rings (SSSR count). The number of rotatable bonds is 9. The van der Waals surface area contributed by atoms with Crippen LogP contribution in [0.3, 0.4) is 0 Å². The molecule has 0 amide bonds. The smallest absolute Gasteiger partial charge is 0.137 e. The van der Waals surface area contributed by atoms with E-state index in [0.717, 1.165) is 55.4 Å². The van der Waals surface area contributed by atoms with Gasteiger partial charge in [0.1, 0.15) is 17.5 Å². The predicted molar refractivity (Wildman–Crippen MR) is 84.7 cm³/mol. The first-order valence-electron chi connectivity index (χ1n) is 7.45. The molecule has 1 heterocycles. The van der Waals surface area contributed by atoms with Crippen LogP contribution >= 0.6 is 0 Å². The van der Waals surface area contributed by atoms with Crippen molar-refractivity contribution in [1.29, 1.82) is 0 Å². The summed E-state index contributed by atoms with van der Waals surface area (Å²) < 4.78 is 5.15. The molecule has 0 aliphatic rings. The van der Waals surface area contributed by atoms with Crippen molar-refractivity contribution in [3.63, 3.8) is 0 Å². The highest BCUT2D eigenvalue weighted by Gasteiger charge is 2.13. The Labute approximate surface area is 122 Å². The Kier molecular flexibility index (Phi) is 7.30. The molecular weight excluding hydrogens is 252 g/mol. The van der Waals surface area contributed by atoms with Crippen molar-refractivity contribution in [2.45, 2.75) is 40.0 Å². The SMILES string of the molecule is CCCNc1nc(CCC)nc(N(C)CCOC)c1C. The van der Waals surface area contributed by atoms with Crippen molar-refractivity contribution in [2.24, 2.45) is 0 Å². The predicted octanol–water partition coefficient (Wildman–Crippen LogP) is 2.64. The van der Waals surface area contributed by atoms with Crippen LogP contribution in [0.5, 0.6) is 0 Å². The quantitative estimate of drug-likeness (QED) is 0.753. The minimum Gasteiger partial charge on any atom is -0.383 e. The van der Waals surface area contributed by atoms with Crippen molar-refractivity contribution < 1.29 is 4.74 Å². The molecule has 0 bridgehead atoms. The molecule has 1 aromatic heterocycles. The highest BCUT2D eigenvalue weighted by molar-refractivity contribution is 5.58. The lowest BCUT2D eigenvalue weighted by molar-refractivity contribution is 0.206. The van der Waals surface area contributed by atoms with Crippen LogP contribution in [0, 0.1) is 6.92 Å². The molecule has 5 nitrogen and oxygen atoms in total. The standard InChI is InChI=1S/C15H28N4O/c1-6-8-13-17-14(16-9-7-2)12(3)15(18-13)19(4)10-11-20-5/h6-11H2,1-5H3,(H,16,17,18). The Hall–Kier alpha value is -1.36. The number of anilines is 2. The van der Waals surface area contributed by atoms with Gasteiger partial charge >= 0.3 is 0 Å². The van der Waals surface area contributed by atoms with Crippen molar-refractivity contribution in [1.82, 2.24) is 9.97 Å². The van der Waals surface area contributed by atoms with Crippen molar-refractivity contribution in [2.75, 3.05) is 44.1 Å². The molecule has 0 saturated carbocycles. The first-order chi connectivity index (χ1) is 9.63. The third-order valence-electron chi connectivity index (χ3n) is 3.17. The molecule has 1 aromatic rings. The highest BCUT2D eigenvalue weighted by Crippen LogP contribution is 2.23. The summed E-state index contributed by atoms with van der Waals surface area (Å²) in [5, 5.41) is 3.40. The number of nitrogens with one attached hydrogen (secondary N) is 1. The van der Waals surface area contributed by atoms with Gasteiger partial charge in [-0.3, -0.25) is 0 Å². The van der Waals surface area contributed by atoms with Gasteiger partial charge in [0.15, 0.2) is 0 Å². The molecule has 0 aromatic carbocycles. The van der Waals surface area contributed by atoms with Crippen molar-refractivity contribution >= 4 is 11.6 Å². The molecule has 0 atom stereocenters. The van der Waals surface area contributed by atoms with Crippen LogP contribution in [-0.2, 0) is 11.2 Å². The minimum absolute atomic E-state index is 0.695. The Morgan fingerprint density at radius 2 is 1.95 bits per heavy atom. The van der Waals surface area contributed by atoms with E-state index in [9.17, 15) is 0 Å². The van der Waals surface area contributed by atoms with Gasteiger partial charge in [0.25, 0.3) is 0 Å². The third-order valence-corrected chi connectivity index (χ3v) is 3.17. The maximum atomic E-state index is 5.15. The zero-order valence-electron chi connectivity index (χ0n) is 13.5. The van der Waals surface area contributed by atoms with Gasteiger partial charge in [0.05, 0.1) is 6.61 Å². The fourth-order valence-electron chi connectivity index (χ4n) is 2.01. The van der Waals surface area contributed by atoms with E-state index in [-0.39, 0.29) is 0 Å². The molecule has 20 heavy (non-hydrogen) atoms. The van der Waals surface area contributed by atoms with Crippen molar-refractivity contribution in [3.05, 3.63) is 11.4 Å². The van der Waals surface area contributed by atoms with Crippen LogP contribution in [0.4, 0.5) is 11.6 Å². The zero-order valence-corrected chi connectivity index (χ0v) is 13.5. The number of methoxy groups -OCH3 is 1. The fraction of sp³-hybridized carbons (Fsp3) is 0.733. The van der Waals surface area contributed by atoms with E-state index in [0.29, 0.717) is 6.61 Å². The summed E-state index contributed by atoms with van der Waals surface area (Å²) in [5.41, 5.74) is 1.11. The highest BCUT2D eigenvalue weighted by atomic mass is 16.5. The van der Waals surface area contributed by atoms with E-state index in [4.69, 9.17) is 9.72 Å². The average molecular weight is 280 g/mol. The average Bonchev–Trinajstić information content (AvgIpc) is 2.45. The number of hydrogen-bond acceptors (Lipinski definition) is 5. The van der Waals surface area contributed by atoms with Gasteiger partial charge in [-0.15, -0.1) is 0 Å². The molecule has 0 aliphatic carbocycles. The minimum atomic E-state index is 0.695. The summed E-state index contributed by atoms with van der Waals surface area (Å²) in [6.45, 7) is 8.84. The number of aromatic nitrogens is 2. The molecule has 114 valence electrons. The molecule has 0 fully saturated rings. The third kappa shape index (κ3) is 4.63. The number of ether oxygens (including phenoxy) is 1. The summed E-state index contributed by atoms with van der Waals surface area (Å²) in [7, 11) is 3.77. The molecular formula is C15H28N4O. The van der Waals surface area contributed by atoms with Crippen LogP contribution in [0.2, 0.25) is 0 Å². The summed E-state index contributed by atoms with van der Waals surface area (Å²) in [5.74, 6) is 2.87. The number of likely N-dealkylation sites (N-methyl/N-ethyl adjacent to an activating group) is 1. The van der Waals surface area contributed by atoms with Crippen LogP contribution in [0.15, 0.2) is 0 Å². The topological polar surface area (TPSA) is 50.3 Å². The van der Waals surface area contributed by atoms with Gasteiger partial charge in [-0.05, 0) is 19.8 Å². The van der Waals surface area contributed by atoms with Gasteiger partial charge in [0, 0.05) is 39.2 Å². The Morgan fingerprint density at radius 3 is 2.55 bits per heavy atom. The van der Waals surface area contributed by atoms with E-state index in [2.05, 4.69) is 36.0 Å². The normalized spacial score (nSPS) is 10.7. The van der Waals surface area contributed by atoms with E-state index < -0.39 is 0 Å². The van der Waals surface area contributed by atoms with Gasteiger partial charge in [-0.25, -0.2) is 9.97 Å². The van der Waals surface area contributed by atoms with E-state index in [1.165, 1.54) is 0 Å². The Balaban J connectivity index is 3.02. The van der Waals surface area contributed by atoms with E-state index in [1.54, 1.807) is 7.11 Å².